The van der Waals surface area contributed by atoms with Gasteiger partial charge in [-0.05, 0) is 80.4 Å². The number of aliphatic hydroxyl groups excluding tert-OH is 1. The summed E-state index contributed by atoms with van der Waals surface area (Å²) >= 11 is 6.39. The summed E-state index contributed by atoms with van der Waals surface area (Å²) in [5.74, 6) is -1.04. The molecule has 3 aromatic rings. The monoisotopic (exact) mass is 534 g/mol. The normalized spacial score (nSPS) is 16.6. The first-order valence-electron chi connectivity index (χ1n) is 12.4. The Morgan fingerprint density at radius 2 is 1.61 bits per heavy atom. The number of nitrogens with zero attached hydrogens (tertiary/aromatic N) is 2. The number of hydrogen-bond acceptors (Lipinski definition) is 6. The average molecular weight is 535 g/mol. The lowest BCUT2D eigenvalue weighted by Crippen LogP contribution is -2.29. The van der Waals surface area contributed by atoms with Crippen molar-refractivity contribution in [2.24, 2.45) is 0 Å². The van der Waals surface area contributed by atoms with Crippen LogP contribution in [0.25, 0.3) is 5.76 Å². The lowest BCUT2D eigenvalue weighted by Gasteiger charge is -2.27. The van der Waals surface area contributed by atoms with E-state index in [-0.39, 0.29) is 27.7 Å². The number of hydrogen-bond donors (Lipinski definition) is 1. The lowest BCUT2D eigenvalue weighted by molar-refractivity contribution is -0.132. The van der Waals surface area contributed by atoms with Crippen molar-refractivity contribution >= 4 is 40.4 Å². The van der Waals surface area contributed by atoms with Crippen LogP contribution in [0.5, 0.6) is 11.5 Å². The van der Waals surface area contributed by atoms with E-state index in [4.69, 9.17) is 21.1 Å². The Morgan fingerprint density at radius 1 is 0.974 bits per heavy atom. The average Bonchev–Trinajstić information content (AvgIpc) is 3.19. The van der Waals surface area contributed by atoms with E-state index in [2.05, 4.69) is 18.7 Å². The molecule has 0 radical (unpaired) electrons. The summed E-state index contributed by atoms with van der Waals surface area (Å²) in [6.45, 7) is 7.65. The van der Waals surface area contributed by atoms with E-state index in [0.29, 0.717) is 17.0 Å². The van der Waals surface area contributed by atoms with E-state index in [1.807, 2.05) is 31.2 Å². The van der Waals surface area contributed by atoms with Gasteiger partial charge in [-0.2, -0.15) is 0 Å². The number of halogens is 1. The highest BCUT2D eigenvalue weighted by atomic mass is 35.5. The first-order chi connectivity index (χ1) is 18.2. The maximum atomic E-state index is 13.5. The Hall–Kier alpha value is -3.97. The minimum absolute atomic E-state index is 0.0482. The van der Waals surface area contributed by atoms with Gasteiger partial charge in [-0.3, -0.25) is 14.5 Å². The molecule has 1 unspecified atom stereocenters. The zero-order chi connectivity index (χ0) is 27.6. The summed E-state index contributed by atoms with van der Waals surface area (Å²) in [4.78, 5) is 30.7. The largest absolute Gasteiger partial charge is 0.507 e. The van der Waals surface area contributed by atoms with Crippen LogP contribution >= 0.6 is 11.6 Å². The Labute approximate surface area is 227 Å². The number of carbonyl (C=O) groups excluding carboxylic acids is 2. The molecule has 0 aromatic heterocycles. The summed E-state index contributed by atoms with van der Waals surface area (Å²) in [6, 6.07) is 17.0. The van der Waals surface area contributed by atoms with Crippen molar-refractivity contribution in [3.63, 3.8) is 0 Å². The second kappa shape index (κ2) is 11.2. The van der Waals surface area contributed by atoms with Crippen molar-refractivity contribution < 1.29 is 24.2 Å². The molecular weight excluding hydrogens is 504 g/mol. The Bertz CT molecular complexity index is 1380. The number of benzene rings is 3. The SMILES string of the molecule is CCN(CC)c1ccc(N2C(=O)C(=O)/C(=C(/O)c3cc(C)cc(Cl)c3OC)C2c2ccc(OC)cc2)cc1. The molecule has 0 saturated carbocycles. The molecule has 4 rings (SSSR count). The highest BCUT2D eigenvalue weighted by molar-refractivity contribution is 6.51. The van der Waals surface area contributed by atoms with Crippen LogP contribution < -0.4 is 19.3 Å². The third-order valence-corrected chi connectivity index (χ3v) is 7.06. The van der Waals surface area contributed by atoms with Gasteiger partial charge < -0.3 is 19.5 Å². The molecular formula is C30H31ClN2O5. The zero-order valence-corrected chi connectivity index (χ0v) is 22.9. The third-order valence-electron chi connectivity index (χ3n) is 6.78. The molecule has 1 N–H and O–H groups in total. The van der Waals surface area contributed by atoms with E-state index in [1.54, 1.807) is 43.5 Å². The fraction of sp³-hybridized carbons (Fsp3) is 0.267. The number of rotatable bonds is 8. The maximum Gasteiger partial charge on any atom is 0.300 e. The number of methoxy groups -OCH3 is 2. The first kappa shape index (κ1) is 27.1. The van der Waals surface area contributed by atoms with E-state index in [9.17, 15) is 14.7 Å². The zero-order valence-electron chi connectivity index (χ0n) is 22.1. The topological polar surface area (TPSA) is 79.3 Å². The number of ether oxygens (including phenoxy) is 2. The third kappa shape index (κ3) is 4.82. The smallest absolute Gasteiger partial charge is 0.300 e. The number of amides is 1. The molecule has 38 heavy (non-hydrogen) atoms. The summed E-state index contributed by atoms with van der Waals surface area (Å²) in [6.07, 6.45) is 0. The Morgan fingerprint density at radius 3 is 2.16 bits per heavy atom. The van der Waals surface area contributed by atoms with Crippen LogP contribution in [-0.2, 0) is 9.59 Å². The number of ketones is 1. The molecule has 7 nitrogen and oxygen atoms in total. The number of Topliss-reactive ketones (excluding diaryl/α,β-unsaturated/α-hetero) is 1. The van der Waals surface area contributed by atoms with Crippen molar-refractivity contribution in [1.29, 1.82) is 0 Å². The van der Waals surface area contributed by atoms with Crippen LogP contribution in [0.15, 0.2) is 66.2 Å². The summed E-state index contributed by atoms with van der Waals surface area (Å²) in [5.41, 5.74) is 3.14. The van der Waals surface area contributed by atoms with Crippen LogP contribution in [0.4, 0.5) is 11.4 Å². The molecule has 198 valence electrons. The van der Waals surface area contributed by atoms with Gasteiger partial charge in [0.15, 0.2) is 0 Å². The van der Waals surface area contributed by atoms with Gasteiger partial charge in [0.2, 0.25) is 0 Å². The minimum Gasteiger partial charge on any atom is -0.507 e. The number of aryl methyl sites for hydroxylation is 1. The quantitative estimate of drug-likeness (QED) is 0.212. The molecule has 1 amide bonds. The van der Waals surface area contributed by atoms with Crippen molar-refractivity contribution in [1.82, 2.24) is 0 Å². The highest BCUT2D eigenvalue weighted by Gasteiger charge is 2.47. The van der Waals surface area contributed by atoms with Crippen molar-refractivity contribution in [3.8, 4) is 11.5 Å². The van der Waals surface area contributed by atoms with Gasteiger partial charge in [0.25, 0.3) is 11.7 Å². The van der Waals surface area contributed by atoms with Gasteiger partial charge in [-0.15, -0.1) is 0 Å². The molecule has 1 atom stereocenters. The first-order valence-corrected chi connectivity index (χ1v) is 12.8. The molecule has 0 spiro atoms. The molecule has 8 heteroatoms. The standard InChI is InChI=1S/C30H31ClN2O5/c1-6-32(7-2)20-10-12-21(13-11-20)33-26(19-8-14-22(37-4)15-9-19)25(28(35)30(33)36)27(34)23-16-18(3)17-24(31)29(23)38-5/h8-17,26,34H,6-7H2,1-5H3/b27-25+. The van der Waals surface area contributed by atoms with E-state index in [0.717, 1.165) is 24.3 Å². The van der Waals surface area contributed by atoms with Gasteiger partial charge >= 0.3 is 0 Å². The van der Waals surface area contributed by atoms with Crippen LogP contribution in [0, 0.1) is 6.92 Å². The van der Waals surface area contributed by atoms with Gasteiger partial charge in [-0.25, -0.2) is 0 Å². The maximum absolute atomic E-state index is 13.5. The molecule has 1 saturated heterocycles. The molecule has 1 aliphatic rings. The number of aliphatic hydroxyl groups is 1. The van der Waals surface area contributed by atoms with Crippen LogP contribution in [0.1, 0.15) is 36.6 Å². The van der Waals surface area contributed by atoms with E-state index < -0.39 is 17.7 Å². The van der Waals surface area contributed by atoms with Crippen LogP contribution in [0.3, 0.4) is 0 Å². The van der Waals surface area contributed by atoms with Crippen LogP contribution in [0.2, 0.25) is 5.02 Å². The minimum atomic E-state index is -0.885. The second-order valence-corrected chi connectivity index (χ2v) is 9.37. The summed E-state index contributed by atoms with van der Waals surface area (Å²) in [7, 11) is 3.00. The summed E-state index contributed by atoms with van der Waals surface area (Å²) < 4.78 is 10.8. The predicted octanol–water partition coefficient (Wildman–Crippen LogP) is 6.14. The molecule has 1 heterocycles. The van der Waals surface area contributed by atoms with Gasteiger partial charge in [0.05, 0.1) is 36.4 Å². The van der Waals surface area contributed by atoms with E-state index in [1.165, 1.54) is 12.0 Å². The Balaban J connectivity index is 1.93. The molecule has 1 aliphatic heterocycles. The molecule has 0 aliphatic carbocycles. The Kier molecular flexibility index (Phi) is 7.97. The fourth-order valence-corrected chi connectivity index (χ4v) is 5.22. The second-order valence-electron chi connectivity index (χ2n) is 8.96. The fourth-order valence-electron chi connectivity index (χ4n) is 4.87. The van der Waals surface area contributed by atoms with Crippen molar-refractivity contribution in [2.45, 2.75) is 26.8 Å². The van der Waals surface area contributed by atoms with Gasteiger partial charge in [-0.1, -0.05) is 23.7 Å². The van der Waals surface area contributed by atoms with Crippen LogP contribution in [-0.4, -0.2) is 44.1 Å². The summed E-state index contributed by atoms with van der Waals surface area (Å²) in [5, 5.41) is 11.8. The molecule has 3 aromatic carbocycles. The number of anilines is 2. The lowest BCUT2D eigenvalue weighted by atomic mass is 9.94. The predicted molar refractivity (Wildman–Crippen MR) is 151 cm³/mol. The molecule has 0 bridgehead atoms. The van der Waals surface area contributed by atoms with E-state index >= 15 is 0 Å². The van der Waals surface area contributed by atoms with Crippen molar-refractivity contribution in [3.05, 3.63) is 87.9 Å². The van der Waals surface area contributed by atoms with Crippen molar-refractivity contribution in [2.75, 3.05) is 37.1 Å². The van der Waals surface area contributed by atoms with Gasteiger partial charge in [0.1, 0.15) is 17.3 Å². The number of carbonyl (C=O) groups is 2. The highest BCUT2D eigenvalue weighted by Crippen LogP contribution is 2.45. The molecule has 1 fully saturated rings. The van der Waals surface area contributed by atoms with Gasteiger partial charge in [0, 0.05) is 24.5 Å².